The summed E-state index contributed by atoms with van der Waals surface area (Å²) in [7, 11) is 0. The maximum Gasteiger partial charge on any atom is 0.222 e. The van der Waals surface area contributed by atoms with E-state index in [-0.39, 0.29) is 0 Å². The minimum atomic E-state index is 0.363. The van der Waals surface area contributed by atoms with Gasteiger partial charge in [0.1, 0.15) is 5.82 Å². The van der Waals surface area contributed by atoms with E-state index in [1.54, 1.807) is 6.20 Å². The van der Waals surface area contributed by atoms with Crippen molar-refractivity contribution in [2.45, 2.75) is 38.1 Å². The van der Waals surface area contributed by atoms with E-state index in [0.717, 1.165) is 22.8 Å². The van der Waals surface area contributed by atoms with Crippen LogP contribution in [0.1, 0.15) is 32.1 Å². The highest BCUT2D eigenvalue weighted by Crippen LogP contribution is 2.40. The first kappa shape index (κ1) is 11.3. The number of halogens is 1. The van der Waals surface area contributed by atoms with Gasteiger partial charge < -0.3 is 10.6 Å². The topological polar surface area (TPSA) is 55.0 Å². The lowest BCUT2D eigenvalue weighted by Gasteiger charge is -2.32. The normalized spacial score (nSPS) is 28.2. The second-order valence-corrected chi connectivity index (χ2v) is 5.85. The summed E-state index contributed by atoms with van der Waals surface area (Å²) in [5, 5.41) is 0. The van der Waals surface area contributed by atoms with Gasteiger partial charge in [0.2, 0.25) is 5.95 Å². The van der Waals surface area contributed by atoms with E-state index < -0.39 is 0 Å². The van der Waals surface area contributed by atoms with Gasteiger partial charge in [-0.05, 0) is 41.1 Å². The summed E-state index contributed by atoms with van der Waals surface area (Å²) in [6, 6.07) is 0.661. The highest BCUT2D eigenvalue weighted by Gasteiger charge is 2.37. The summed E-state index contributed by atoms with van der Waals surface area (Å²) < 4.78 is 0.956. The predicted octanol–water partition coefficient (Wildman–Crippen LogP) is 2.59. The lowest BCUT2D eigenvalue weighted by molar-refractivity contribution is 0.341. The molecule has 0 bridgehead atoms. The van der Waals surface area contributed by atoms with Gasteiger partial charge in [-0.3, -0.25) is 0 Å². The SMILES string of the molecule is Nc1ncc(Br)c(N2CCC3CCCCC32)n1. The van der Waals surface area contributed by atoms with Gasteiger partial charge in [0.15, 0.2) is 0 Å². The maximum atomic E-state index is 5.69. The van der Waals surface area contributed by atoms with Crippen LogP contribution in [0.3, 0.4) is 0 Å². The van der Waals surface area contributed by atoms with Gasteiger partial charge in [0.05, 0.1) is 4.47 Å². The van der Waals surface area contributed by atoms with Crippen LogP contribution in [0.2, 0.25) is 0 Å². The Hall–Kier alpha value is -0.840. The number of fused-ring (bicyclic) bond motifs is 1. The first-order chi connectivity index (χ1) is 8.25. The Bertz CT molecular complexity index is 423. The minimum Gasteiger partial charge on any atom is -0.368 e. The molecule has 2 unspecified atom stereocenters. The summed E-state index contributed by atoms with van der Waals surface area (Å²) in [6.45, 7) is 1.10. The number of rotatable bonds is 1. The fourth-order valence-electron chi connectivity index (χ4n) is 3.24. The van der Waals surface area contributed by atoms with Gasteiger partial charge in [0, 0.05) is 18.8 Å². The highest BCUT2D eigenvalue weighted by atomic mass is 79.9. The van der Waals surface area contributed by atoms with Gasteiger partial charge in [-0.2, -0.15) is 4.98 Å². The van der Waals surface area contributed by atoms with E-state index in [1.165, 1.54) is 32.1 Å². The summed E-state index contributed by atoms with van der Waals surface area (Å²) in [5.74, 6) is 2.20. The molecule has 3 rings (SSSR count). The first-order valence-electron chi connectivity index (χ1n) is 6.30. The standard InChI is InChI=1S/C12H17BrN4/c13-9-7-15-12(14)16-11(9)17-6-5-8-3-1-2-4-10(8)17/h7-8,10H,1-6H2,(H2,14,15,16). The van der Waals surface area contributed by atoms with Gasteiger partial charge in [-0.25, -0.2) is 4.98 Å². The molecule has 0 aromatic carbocycles. The van der Waals surface area contributed by atoms with Crippen molar-refractivity contribution in [1.29, 1.82) is 0 Å². The van der Waals surface area contributed by atoms with Crippen molar-refractivity contribution in [3.05, 3.63) is 10.7 Å². The molecule has 1 aliphatic heterocycles. The molecule has 1 aromatic heterocycles. The lowest BCUT2D eigenvalue weighted by Crippen LogP contribution is -2.35. The van der Waals surface area contributed by atoms with E-state index in [2.05, 4.69) is 30.8 Å². The second-order valence-electron chi connectivity index (χ2n) is 4.99. The second kappa shape index (κ2) is 4.44. The fourth-order valence-corrected chi connectivity index (χ4v) is 3.66. The molecule has 4 nitrogen and oxygen atoms in total. The number of hydrogen-bond donors (Lipinski definition) is 1. The molecule has 1 saturated carbocycles. The van der Waals surface area contributed by atoms with Crippen LogP contribution in [0.25, 0.3) is 0 Å². The number of nitrogens with two attached hydrogens (primary N) is 1. The van der Waals surface area contributed by atoms with Crippen molar-refractivity contribution in [1.82, 2.24) is 9.97 Å². The van der Waals surface area contributed by atoms with E-state index in [4.69, 9.17) is 5.73 Å². The summed E-state index contributed by atoms with van der Waals surface area (Å²) in [6.07, 6.45) is 8.45. The number of anilines is 2. The van der Waals surface area contributed by atoms with Gasteiger partial charge in [-0.15, -0.1) is 0 Å². The van der Waals surface area contributed by atoms with E-state index >= 15 is 0 Å². The number of nitrogens with zero attached hydrogens (tertiary/aromatic N) is 3. The molecule has 1 aliphatic carbocycles. The van der Waals surface area contributed by atoms with Gasteiger partial charge in [-0.1, -0.05) is 12.8 Å². The van der Waals surface area contributed by atoms with Crippen molar-refractivity contribution in [2.24, 2.45) is 5.92 Å². The third-order valence-corrected chi connectivity index (χ3v) is 4.59. The predicted molar refractivity (Wildman–Crippen MR) is 71.9 cm³/mol. The average Bonchev–Trinajstić information content (AvgIpc) is 2.76. The molecule has 1 saturated heterocycles. The lowest BCUT2D eigenvalue weighted by atomic mass is 9.85. The molecule has 0 radical (unpaired) electrons. The summed E-state index contributed by atoms with van der Waals surface area (Å²) in [5.41, 5.74) is 5.69. The molecule has 0 amide bonds. The van der Waals surface area contributed by atoms with Crippen LogP contribution in [-0.2, 0) is 0 Å². The van der Waals surface area contributed by atoms with Crippen molar-refractivity contribution in [2.75, 3.05) is 17.2 Å². The van der Waals surface area contributed by atoms with E-state index in [0.29, 0.717) is 12.0 Å². The maximum absolute atomic E-state index is 5.69. The van der Waals surface area contributed by atoms with Gasteiger partial charge >= 0.3 is 0 Å². The van der Waals surface area contributed by atoms with Crippen LogP contribution in [0.15, 0.2) is 10.7 Å². The molecular weight excluding hydrogens is 280 g/mol. The Labute approximate surface area is 110 Å². The number of nitrogen functional groups attached to an aromatic ring is 1. The van der Waals surface area contributed by atoms with Crippen molar-refractivity contribution >= 4 is 27.7 Å². The molecule has 2 heterocycles. The first-order valence-corrected chi connectivity index (χ1v) is 7.09. The molecule has 2 atom stereocenters. The molecule has 17 heavy (non-hydrogen) atoms. The Morgan fingerprint density at radius 1 is 1.29 bits per heavy atom. The Morgan fingerprint density at radius 2 is 2.12 bits per heavy atom. The Kier molecular flexibility index (Phi) is 2.94. The van der Waals surface area contributed by atoms with Crippen LogP contribution in [0.4, 0.5) is 11.8 Å². The molecule has 2 fully saturated rings. The summed E-state index contributed by atoms with van der Waals surface area (Å²) >= 11 is 3.53. The Morgan fingerprint density at radius 3 is 3.00 bits per heavy atom. The minimum absolute atomic E-state index is 0.363. The smallest absolute Gasteiger partial charge is 0.222 e. The van der Waals surface area contributed by atoms with Crippen LogP contribution in [0.5, 0.6) is 0 Å². The Balaban J connectivity index is 1.91. The molecule has 92 valence electrons. The molecule has 2 N–H and O–H groups in total. The summed E-state index contributed by atoms with van der Waals surface area (Å²) in [4.78, 5) is 10.8. The molecule has 1 aromatic rings. The van der Waals surface area contributed by atoms with Crippen molar-refractivity contribution in [3.63, 3.8) is 0 Å². The van der Waals surface area contributed by atoms with Crippen molar-refractivity contribution in [3.8, 4) is 0 Å². The molecule has 5 heteroatoms. The van der Waals surface area contributed by atoms with Crippen LogP contribution in [0, 0.1) is 5.92 Å². The number of hydrogen-bond acceptors (Lipinski definition) is 4. The monoisotopic (exact) mass is 296 g/mol. The third-order valence-electron chi connectivity index (χ3n) is 4.03. The largest absolute Gasteiger partial charge is 0.368 e. The number of aromatic nitrogens is 2. The van der Waals surface area contributed by atoms with Crippen LogP contribution in [-0.4, -0.2) is 22.6 Å². The third kappa shape index (κ3) is 2.01. The van der Waals surface area contributed by atoms with Crippen molar-refractivity contribution < 1.29 is 0 Å². The average molecular weight is 297 g/mol. The zero-order valence-corrected chi connectivity index (χ0v) is 11.4. The van der Waals surface area contributed by atoms with Crippen LogP contribution < -0.4 is 10.6 Å². The van der Waals surface area contributed by atoms with Crippen LogP contribution >= 0.6 is 15.9 Å². The molecule has 0 spiro atoms. The quantitative estimate of drug-likeness (QED) is 0.865. The van der Waals surface area contributed by atoms with E-state index in [1.807, 2.05) is 0 Å². The fraction of sp³-hybridized carbons (Fsp3) is 0.667. The van der Waals surface area contributed by atoms with Gasteiger partial charge in [0.25, 0.3) is 0 Å². The zero-order valence-electron chi connectivity index (χ0n) is 9.77. The molecular formula is C12H17BrN4. The molecule has 2 aliphatic rings. The zero-order chi connectivity index (χ0) is 11.8. The van der Waals surface area contributed by atoms with E-state index in [9.17, 15) is 0 Å². The highest BCUT2D eigenvalue weighted by molar-refractivity contribution is 9.10.